The Morgan fingerprint density at radius 1 is 1.25 bits per heavy atom. The molecule has 3 heteroatoms. The molecule has 1 aliphatic carbocycles. The maximum atomic E-state index is 5.27. The van der Waals surface area contributed by atoms with Crippen molar-refractivity contribution in [2.75, 3.05) is 7.11 Å². The van der Waals surface area contributed by atoms with Crippen LogP contribution in [0, 0.1) is 0 Å². The van der Waals surface area contributed by atoms with E-state index in [0.29, 0.717) is 5.88 Å². The number of hydrogen-bond acceptors (Lipinski definition) is 3. The molecular weight excluding hydrogens is 266 g/mol. The molecule has 2 heterocycles. The average molecular weight is 287 g/mol. The highest BCUT2D eigenvalue weighted by Crippen LogP contribution is 2.46. The van der Waals surface area contributed by atoms with Gasteiger partial charge in [-0.25, -0.2) is 4.98 Å². The summed E-state index contributed by atoms with van der Waals surface area (Å²) >= 11 is 1.96. The van der Waals surface area contributed by atoms with Crippen LogP contribution < -0.4 is 4.74 Å². The molecule has 0 unspecified atom stereocenters. The van der Waals surface area contributed by atoms with Gasteiger partial charge in [-0.2, -0.15) is 0 Å². The van der Waals surface area contributed by atoms with Crippen molar-refractivity contribution >= 4 is 11.3 Å². The summed E-state index contributed by atoms with van der Waals surface area (Å²) in [4.78, 5) is 7.21. The van der Waals surface area contributed by atoms with Crippen molar-refractivity contribution in [3.63, 3.8) is 0 Å². The molecule has 0 saturated heterocycles. The van der Waals surface area contributed by atoms with Gasteiger partial charge in [0, 0.05) is 22.0 Å². The summed E-state index contributed by atoms with van der Waals surface area (Å²) in [6, 6.07) is 4.15. The van der Waals surface area contributed by atoms with Gasteiger partial charge in [-0.15, -0.1) is 11.3 Å². The second kappa shape index (κ2) is 4.88. The number of rotatable bonds is 2. The van der Waals surface area contributed by atoms with E-state index in [9.17, 15) is 0 Å². The first-order valence-electron chi connectivity index (χ1n) is 7.16. The minimum Gasteiger partial charge on any atom is -0.481 e. The highest BCUT2D eigenvalue weighted by atomic mass is 32.1. The quantitative estimate of drug-likeness (QED) is 0.805. The Hall–Kier alpha value is -1.35. The van der Waals surface area contributed by atoms with Crippen molar-refractivity contribution in [3.8, 4) is 16.3 Å². The number of aryl methyl sites for hydroxylation is 1. The molecule has 0 radical (unpaired) electrons. The van der Waals surface area contributed by atoms with E-state index < -0.39 is 0 Å². The van der Waals surface area contributed by atoms with Gasteiger partial charge in [0.05, 0.1) is 7.11 Å². The Labute approximate surface area is 124 Å². The van der Waals surface area contributed by atoms with Crippen molar-refractivity contribution in [1.82, 2.24) is 4.98 Å². The minimum absolute atomic E-state index is 0.181. The van der Waals surface area contributed by atoms with Gasteiger partial charge in [-0.05, 0) is 47.4 Å². The molecule has 0 aromatic carbocycles. The standard InChI is InChI=1S/C17H21NOS/c1-17(2,3)15-12-6-5-7-13(12)20-16(15)11-8-9-18-14(10-11)19-4/h8-10H,5-7H2,1-4H3. The van der Waals surface area contributed by atoms with E-state index in [1.54, 1.807) is 17.6 Å². The molecule has 0 atom stereocenters. The lowest BCUT2D eigenvalue weighted by molar-refractivity contribution is 0.398. The molecule has 0 aliphatic heterocycles. The van der Waals surface area contributed by atoms with E-state index in [2.05, 4.69) is 37.9 Å². The molecule has 1 aliphatic rings. The lowest BCUT2D eigenvalue weighted by atomic mass is 9.82. The molecule has 20 heavy (non-hydrogen) atoms. The van der Waals surface area contributed by atoms with E-state index in [1.165, 1.54) is 35.3 Å². The van der Waals surface area contributed by atoms with E-state index >= 15 is 0 Å². The summed E-state index contributed by atoms with van der Waals surface area (Å²) in [6.07, 6.45) is 5.63. The normalized spacial score (nSPS) is 14.4. The Balaban J connectivity index is 2.18. The van der Waals surface area contributed by atoms with Crippen LogP contribution in [0.25, 0.3) is 10.4 Å². The van der Waals surface area contributed by atoms with Gasteiger partial charge >= 0.3 is 0 Å². The van der Waals surface area contributed by atoms with Crippen LogP contribution in [0.3, 0.4) is 0 Å². The zero-order valence-corrected chi connectivity index (χ0v) is 13.4. The summed E-state index contributed by atoms with van der Waals surface area (Å²) in [5.74, 6) is 0.691. The predicted octanol–water partition coefficient (Wildman–Crippen LogP) is 4.60. The van der Waals surface area contributed by atoms with Crippen LogP contribution in [0.4, 0.5) is 0 Å². The summed E-state index contributed by atoms with van der Waals surface area (Å²) in [7, 11) is 1.67. The number of fused-ring (bicyclic) bond motifs is 1. The minimum atomic E-state index is 0.181. The summed E-state index contributed by atoms with van der Waals surface area (Å²) < 4.78 is 5.27. The second-order valence-corrected chi connectivity index (χ2v) is 7.50. The molecule has 0 fully saturated rings. The topological polar surface area (TPSA) is 22.1 Å². The van der Waals surface area contributed by atoms with Gasteiger partial charge in [0.15, 0.2) is 0 Å². The maximum absolute atomic E-state index is 5.27. The summed E-state index contributed by atoms with van der Waals surface area (Å²) in [5.41, 5.74) is 4.55. The van der Waals surface area contributed by atoms with Crippen molar-refractivity contribution in [2.45, 2.75) is 45.4 Å². The lowest BCUT2D eigenvalue weighted by Gasteiger charge is -2.22. The van der Waals surface area contributed by atoms with E-state index in [-0.39, 0.29) is 5.41 Å². The zero-order chi connectivity index (χ0) is 14.3. The number of aromatic nitrogens is 1. The van der Waals surface area contributed by atoms with E-state index in [1.807, 2.05) is 17.5 Å². The molecule has 106 valence electrons. The first-order valence-corrected chi connectivity index (χ1v) is 7.98. The van der Waals surface area contributed by atoms with Crippen LogP contribution in [-0.4, -0.2) is 12.1 Å². The predicted molar refractivity (Wildman–Crippen MR) is 84.8 cm³/mol. The Bertz CT molecular complexity index is 637. The molecule has 2 nitrogen and oxygen atoms in total. The van der Waals surface area contributed by atoms with Gasteiger partial charge in [0.2, 0.25) is 5.88 Å². The van der Waals surface area contributed by atoms with Crippen molar-refractivity contribution in [1.29, 1.82) is 0 Å². The van der Waals surface area contributed by atoms with Gasteiger partial charge in [-0.1, -0.05) is 20.8 Å². The maximum Gasteiger partial charge on any atom is 0.213 e. The van der Waals surface area contributed by atoms with Crippen LogP contribution in [0.2, 0.25) is 0 Å². The third kappa shape index (κ3) is 2.24. The van der Waals surface area contributed by atoms with Crippen LogP contribution in [0.15, 0.2) is 18.3 Å². The second-order valence-electron chi connectivity index (χ2n) is 6.40. The van der Waals surface area contributed by atoms with Gasteiger partial charge in [0.1, 0.15) is 0 Å². The Morgan fingerprint density at radius 2 is 2.05 bits per heavy atom. The highest BCUT2D eigenvalue weighted by molar-refractivity contribution is 7.16. The largest absolute Gasteiger partial charge is 0.481 e. The van der Waals surface area contributed by atoms with Crippen LogP contribution in [0.5, 0.6) is 5.88 Å². The van der Waals surface area contributed by atoms with Crippen molar-refractivity contribution in [3.05, 3.63) is 34.3 Å². The van der Waals surface area contributed by atoms with Gasteiger partial charge < -0.3 is 4.74 Å². The third-order valence-electron chi connectivity index (χ3n) is 3.88. The Kier molecular flexibility index (Phi) is 3.33. The summed E-state index contributed by atoms with van der Waals surface area (Å²) in [6.45, 7) is 6.95. The first-order chi connectivity index (χ1) is 9.50. The molecule has 3 rings (SSSR count). The van der Waals surface area contributed by atoms with Crippen molar-refractivity contribution in [2.24, 2.45) is 0 Å². The molecule has 2 aromatic heterocycles. The van der Waals surface area contributed by atoms with E-state index in [4.69, 9.17) is 4.74 Å². The fourth-order valence-electron chi connectivity index (χ4n) is 3.06. The fourth-order valence-corrected chi connectivity index (χ4v) is 4.66. The van der Waals surface area contributed by atoms with Crippen LogP contribution >= 0.6 is 11.3 Å². The third-order valence-corrected chi connectivity index (χ3v) is 5.22. The number of thiophene rings is 1. The number of hydrogen-bond donors (Lipinski definition) is 0. The smallest absolute Gasteiger partial charge is 0.213 e. The van der Waals surface area contributed by atoms with Gasteiger partial charge in [-0.3, -0.25) is 0 Å². The van der Waals surface area contributed by atoms with Gasteiger partial charge in [0.25, 0.3) is 0 Å². The molecule has 0 saturated carbocycles. The molecular formula is C17H21NOS. The zero-order valence-electron chi connectivity index (χ0n) is 12.6. The van der Waals surface area contributed by atoms with Crippen LogP contribution in [0.1, 0.15) is 43.2 Å². The van der Waals surface area contributed by atoms with Crippen molar-refractivity contribution < 1.29 is 4.74 Å². The van der Waals surface area contributed by atoms with E-state index in [0.717, 1.165) is 0 Å². The SMILES string of the molecule is COc1cc(-c2sc3c(c2C(C)(C)C)CCC3)ccn1. The molecule has 2 aromatic rings. The molecule has 0 N–H and O–H groups in total. The number of ether oxygens (including phenoxy) is 1. The highest BCUT2D eigenvalue weighted by Gasteiger charge is 2.29. The number of methoxy groups -OCH3 is 1. The first kappa shape index (κ1) is 13.6. The molecule has 0 amide bonds. The average Bonchev–Trinajstić information content (AvgIpc) is 2.97. The Morgan fingerprint density at radius 3 is 2.75 bits per heavy atom. The fraction of sp³-hybridized carbons (Fsp3) is 0.471. The molecule has 0 bridgehead atoms. The number of pyridine rings is 1. The summed E-state index contributed by atoms with van der Waals surface area (Å²) in [5, 5.41) is 0. The number of nitrogens with zero attached hydrogens (tertiary/aromatic N) is 1. The van der Waals surface area contributed by atoms with Crippen LogP contribution in [-0.2, 0) is 18.3 Å². The molecule has 0 spiro atoms. The monoisotopic (exact) mass is 287 g/mol. The lowest BCUT2D eigenvalue weighted by Crippen LogP contribution is -2.13.